The first-order valence-electron chi connectivity index (χ1n) is 15.3. The molecule has 7 rings (SSSR count). The summed E-state index contributed by atoms with van der Waals surface area (Å²) in [6.45, 7) is 11.4. The number of benzene rings is 5. The van der Waals surface area contributed by atoms with Crippen LogP contribution >= 0.6 is 0 Å². The molecular weight excluding hydrogens is 532 g/mol. The molecule has 0 N–H and O–H groups in total. The summed E-state index contributed by atoms with van der Waals surface area (Å²) in [5.41, 5.74) is 13.8. The molecule has 0 atom stereocenters. The molecule has 5 aromatic carbocycles. The van der Waals surface area contributed by atoms with Crippen LogP contribution in [0, 0.1) is 13.8 Å². The largest absolute Gasteiger partial charge is 0.265 e. The molecule has 0 bridgehead atoms. The van der Waals surface area contributed by atoms with Crippen molar-refractivity contribution in [2.24, 2.45) is 0 Å². The van der Waals surface area contributed by atoms with Gasteiger partial charge in [-0.1, -0.05) is 93.6 Å². The van der Waals surface area contributed by atoms with Gasteiger partial charge in [-0.2, -0.15) is 0 Å². The van der Waals surface area contributed by atoms with Crippen molar-refractivity contribution < 1.29 is 0 Å². The number of pyridine rings is 2. The van der Waals surface area contributed by atoms with E-state index in [4.69, 9.17) is 0 Å². The average Bonchev–Trinajstić information content (AvgIpc) is 3.04. The van der Waals surface area contributed by atoms with Gasteiger partial charge in [-0.25, -0.2) is 0 Å². The van der Waals surface area contributed by atoms with Gasteiger partial charge in [0.25, 0.3) is 0 Å². The van der Waals surface area contributed by atoms with Crippen LogP contribution in [0.3, 0.4) is 0 Å². The van der Waals surface area contributed by atoms with E-state index in [0.29, 0.717) is 0 Å². The molecule has 0 saturated carbocycles. The first-order valence-corrected chi connectivity index (χ1v) is 15.3. The second-order valence-electron chi connectivity index (χ2n) is 12.8. The number of hydrogen-bond acceptors (Lipinski definition) is 2. The highest BCUT2D eigenvalue weighted by atomic mass is 14.6. The van der Waals surface area contributed by atoms with Crippen LogP contribution in [-0.4, -0.2) is 9.97 Å². The third-order valence-electron chi connectivity index (χ3n) is 8.91. The lowest BCUT2D eigenvalue weighted by atomic mass is 9.80. The molecule has 0 saturated heterocycles. The zero-order valence-corrected chi connectivity index (χ0v) is 26.0. The Kier molecular flexibility index (Phi) is 6.86. The Labute approximate surface area is 260 Å². The molecule has 44 heavy (non-hydrogen) atoms. The van der Waals surface area contributed by atoms with Crippen LogP contribution in [0.4, 0.5) is 0 Å². The molecule has 7 aromatic rings. The van der Waals surface area contributed by atoms with Crippen LogP contribution in [0.15, 0.2) is 128 Å². The molecule has 2 heterocycles. The van der Waals surface area contributed by atoms with Crippen molar-refractivity contribution in [3.05, 3.63) is 145 Å². The Morgan fingerprint density at radius 2 is 0.886 bits per heavy atom. The van der Waals surface area contributed by atoms with Gasteiger partial charge in [-0.05, 0) is 132 Å². The Hall–Kier alpha value is -5.08. The molecule has 2 nitrogen and oxygen atoms in total. The fourth-order valence-electron chi connectivity index (χ4n) is 6.56. The van der Waals surface area contributed by atoms with Crippen LogP contribution < -0.4 is 0 Å². The highest BCUT2D eigenvalue weighted by Crippen LogP contribution is 2.46. The molecule has 0 unspecified atom stereocenters. The molecule has 0 aliphatic heterocycles. The highest BCUT2D eigenvalue weighted by Gasteiger charge is 2.22. The minimum absolute atomic E-state index is 0.0274. The Morgan fingerprint density at radius 1 is 0.432 bits per heavy atom. The van der Waals surface area contributed by atoms with Crippen molar-refractivity contribution >= 4 is 21.5 Å². The lowest BCUT2D eigenvalue weighted by Gasteiger charge is -2.24. The third kappa shape index (κ3) is 4.87. The highest BCUT2D eigenvalue weighted by molar-refractivity contribution is 6.22. The van der Waals surface area contributed by atoms with Gasteiger partial charge < -0.3 is 0 Å². The van der Waals surface area contributed by atoms with E-state index in [1.807, 2.05) is 24.8 Å². The molecular formula is C42H36N2. The van der Waals surface area contributed by atoms with Crippen LogP contribution in [0.5, 0.6) is 0 Å². The van der Waals surface area contributed by atoms with Gasteiger partial charge in [0.05, 0.1) is 0 Å². The van der Waals surface area contributed by atoms with Crippen LogP contribution in [-0.2, 0) is 5.41 Å². The summed E-state index contributed by atoms with van der Waals surface area (Å²) in [7, 11) is 0. The molecule has 0 radical (unpaired) electrons. The van der Waals surface area contributed by atoms with Crippen molar-refractivity contribution in [3.8, 4) is 44.5 Å². The van der Waals surface area contributed by atoms with Crippen LogP contribution in [0.25, 0.3) is 66.1 Å². The molecule has 214 valence electrons. The molecule has 0 aliphatic rings. The van der Waals surface area contributed by atoms with Gasteiger partial charge in [0.1, 0.15) is 0 Å². The second kappa shape index (κ2) is 10.9. The third-order valence-corrected chi connectivity index (χ3v) is 8.91. The fraction of sp³-hybridized carbons (Fsp3) is 0.143. The number of hydrogen-bond donors (Lipinski definition) is 0. The Bertz CT molecular complexity index is 2150. The van der Waals surface area contributed by atoms with E-state index in [2.05, 4.69) is 148 Å². The molecule has 0 aliphatic carbocycles. The normalized spacial score (nSPS) is 11.8. The second-order valence-corrected chi connectivity index (χ2v) is 12.8. The molecule has 0 fully saturated rings. The first-order chi connectivity index (χ1) is 21.3. The average molecular weight is 569 g/mol. The lowest BCUT2D eigenvalue weighted by molar-refractivity contribution is 0.591. The van der Waals surface area contributed by atoms with Crippen LogP contribution in [0.2, 0.25) is 0 Å². The van der Waals surface area contributed by atoms with Gasteiger partial charge in [0.2, 0.25) is 0 Å². The van der Waals surface area contributed by atoms with Crippen molar-refractivity contribution in [2.45, 2.75) is 40.0 Å². The lowest BCUT2D eigenvalue weighted by Crippen LogP contribution is -2.10. The number of rotatable bonds is 4. The molecule has 0 amide bonds. The van der Waals surface area contributed by atoms with Crippen molar-refractivity contribution in [3.63, 3.8) is 0 Å². The van der Waals surface area contributed by atoms with Gasteiger partial charge in [0.15, 0.2) is 0 Å². The van der Waals surface area contributed by atoms with Crippen molar-refractivity contribution in [2.75, 3.05) is 0 Å². The monoisotopic (exact) mass is 568 g/mol. The minimum atomic E-state index is 0.0274. The van der Waals surface area contributed by atoms with E-state index in [-0.39, 0.29) is 5.41 Å². The Balaban J connectivity index is 1.53. The zero-order chi connectivity index (χ0) is 30.4. The summed E-state index contributed by atoms with van der Waals surface area (Å²) >= 11 is 0. The summed E-state index contributed by atoms with van der Waals surface area (Å²) in [5.74, 6) is 0. The van der Waals surface area contributed by atoms with Crippen molar-refractivity contribution in [1.82, 2.24) is 9.97 Å². The number of aryl methyl sites for hydroxylation is 2. The van der Waals surface area contributed by atoms with E-state index in [1.165, 1.54) is 82.7 Å². The zero-order valence-electron chi connectivity index (χ0n) is 26.0. The topological polar surface area (TPSA) is 25.8 Å². The smallest absolute Gasteiger partial charge is 0.0273 e. The summed E-state index contributed by atoms with van der Waals surface area (Å²) in [6.07, 6.45) is 7.43. The fourth-order valence-corrected chi connectivity index (χ4v) is 6.56. The number of nitrogens with zero attached hydrogens (tertiary/aromatic N) is 2. The SMILES string of the molecule is Cc1cc(-c2ccncc2)ccc1-c1c2ccccc2c(-c2ccc(-c3ccncc3)cc2C)c2cc(C(C)(C)C)ccc12. The van der Waals surface area contributed by atoms with E-state index >= 15 is 0 Å². The first kappa shape index (κ1) is 27.7. The summed E-state index contributed by atoms with van der Waals surface area (Å²) in [5, 5.41) is 5.13. The van der Waals surface area contributed by atoms with Crippen molar-refractivity contribution in [1.29, 1.82) is 0 Å². The summed E-state index contributed by atoms with van der Waals surface area (Å²) in [4.78, 5) is 8.42. The number of fused-ring (bicyclic) bond motifs is 2. The molecule has 2 heteroatoms. The molecule has 2 aromatic heterocycles. The standard InChI is InChI=1S/C42H36N2/c1-27-24-31(29-16-20-43-21-17-29)10-13-34(27)40-36-8-6-7-9-37(36)41(39-26-33(42(3,4)5)12-15-38(39)40)35-14-11-32(25-28(35)2)30-18-22-44-23-19-30/h6-26H,1-5H3. The Morgan fingerprint density at radius 3 is 1.34 bits per heavy atom. The number of aromatic nitrogens is 2. The van der Waals surface area contributed by atoms with Gasteiger partial charge in [0, 0.05) is 24.8 Å². The maximum absolute atomic E-state index is 4.21. The van der Waals surface area contributed by atoms with E-state index in [0.717, 1.165) is 0 Å². The van der Waals surface area contributed by atoms with E-state index in [1.54, 1.807) is 0 Å². The van der Waals surface area contributed by atoms with E-state index in [9.17, 15) is 0 Å². The van der Waals surface area contributed by atoms with Crippen LogP contribution in [0.1, 0.15) is 37.5 Å². The predicted octanol–water partition coefficient (Wildman–Crippen LogP) is 11.4. The summed E-state index contributed by atoms with van der Waals surface area (Å²) < 4.78 is 0. The minimum Gasteiger partial charge on any atom is -0.265 e. The predicted molar refractivity (Wildman–Crippen MR) is 187 cm³/mol. The molecule has 0 spiro atoms. The maximum atomic E-state index is 4.21. The maximum Gasteiger partial charge on any atom is 0.0273 e. The van der Waals surface area contributed by atoms with E-state index < -0.39 is 0 Å². The quantitative estimate of drug-likeness (QED) is 0.197. The van der Waals surface area contributed by atoms with Gasteiger partial charge in [-0.3, -0.25) is 9.97 Å². The summed E-state index contributed by atoms with van der Waals surface area (Å²) in [6, 6.07) is 38.1. The van der Waals surface area contributed by atoms with Gasteiger partial charge in [-0.15, -0.1) is 0 Å². The van der Waals surface area contributed by atoms with Gasteiger partial charge >= 0.3 is 0 Å².